The summed E-state index contributed by atoms with van der Waals surface area (Å²) in [5.74, 6) is 0.532. The van der Waals surface area contributed by atoms with Gasteiger partial charge in [-0.05, 0) is 37.5 Å². The van der Waals surface area contributed by atoms with Gasteiger partial charge in [-0.2, -0.15) is 0 Å². The molecule has 17 heavy (non-hydrogen) atoms. The van der Waals surface area contributed by atoms with Gasteiger partial charge < -0.3 is 9.47 Å². The van der Waals surface area contributed by atoms with Crippen LogP contribution in [-0.4, -0.2) is 25.6 Å². The van der Waals surface area contributed by atoms with E-state index in [0.29, 0.717) is 16.3 Å². The lowest BCUT2D eigenvalue weighted by atomic mass is 9.96. The minimum absolute atomic E-state index is 0.0403. The Balaban J connectivity index is 1.95. The minimum atomic E-state index is -0.0403. The molecule has 0 spiro atoms. The van der Waals surface area contributed by atoms with Crippen molar-refractivity contribution in [3.8, 4) is 5.75 Å². The Kier molecular flexibility index (Phi) is 4.02. The van der Waals surface area contributed by atoms with E-state index >= 15 is 0 Å². The van der Waals surface area contributed by atoms with E-state index in [1.807, 2.05) is 0 Å². The van der Waals surface area contributed by atoms with Crippen LogP contribution in [0.25, 0.3) is 0 Å². The predicted molar refractivity (Wildman–Crippen MR) is 65.9 cm³/mol. The van der Waals surface area contributed by atoms with Crippen LogP contribution < -0.4 is 4.74 Å². The number of rotatable bonds is 5. The number of hydrogen-bond donors (Lipinski definition) is 0. The van der Waals surface area contributed by atoms with Crippen molar-refractivity contribution < 1.29 is 14.3 Å². The van der Waals surface area contributed by atoms with Crippen LogP contribution in [0.1, 0.15) is 29.6 Å². The molecule has 0 radical (unpaired) electrons. The third kappa shape index (κ3) is 2.99. The topological polar surface area (TPSA) is 35.5 Å². The summed E-state index contributed by atoms with van der Waals surface area (Å²) in [5.41, 5.74) is 0.565. The molecular formula is C13H15ClO3. The summed E-state index contributed by atoms with van der Waals surface area (Å²) in [4.78, 5) is 11.8. The molecule has 0 atom stereocenters. The maximum Gasteiger partial charge on any atom is 0.188 e. The number of ether oxygens (including phenoxy) is 2. The fourth-order valence-corrected chi connectivity index (χ4v) is 1.91. The molecule has 1 aromatic rings. The highest BCUT2D eigenvalue weighted by atomic mass is 35.5. The van der Waals surface area contributed by atoms with Gasteiger partial charge in [0.25, 0.3) is 0 Å². The summed E-state index contributed by atoms with van der Waals surface area (Å²) in [7, 11) is 1.54. The normalized spacial score (nSPS) is 15.4. The summed E-state index contributed by atoms with van der Waals surface area (Å²) in [6.45, 7) is 0.132. The maximum absolute atomic E-state index is 11.8. The Morgan fingerprint density at radius 2 is 2.24 bits per heavy atom. The van der Waals surface area contributed by atoms with Crippen molar-refractivity contribution in [2.24, 2.45) is 0 Å². The van der Waals surface area contributed by atoms with Gasteiger partial charge in [-0.3, -0.25) is 4.79 Å². The van der Waals surface area contributed by atoms with Gasteiger partial charge in [0.05, 0.1) is 18.2 Å². The number of ketones is 1. The Morgan fingerprint density at radius 3 is 2.76 bits per heavy atom. The zero-order valence-electron chi connectivity index (χ0n) is 9.74. The first-order valence-electron chi connectivity index (χ1n) is 5.69. The molecule has 2 rings (SSSR count). The van der Waals surface area contributed by atoms with E-state index < -0.39 is 0 Å². The van der Waals surface area contributed by atoms with Gasteiger partial charge >= 0.3 is 0 Å². The molecule has 0 N–H and O–H groups in total. The van der Waals surface area contributed by atoms with Crippen molar-refractivity contribution in [2.45, 2.75) is 25.4 Å². The van der Waals surface area contributed by atoms with Gasteiger partial charge in [0, 0.05) is 5.56 Å². The molecule has 1 fully saturated rings. The molecule has 3 nitrogen and oxygen atoms in total. The highest BCUT2D eigenvalue weighted by Gasteiger charge is 2.19. The Labute approximate surface area is 106 Å². The quantitative estimate of drug-likeness (QED) is 0.758. The second-order valence-electron chi connectivity index (χ2n) is 4.14. The van der Waals surface area contributed by atoms with Crippen LogP contribution in [0.5, 0.6) is 5.75 Å². The molecule has 1 aliphatic rings. The first-order valence-corrected chi connectivity index (χ1v) is 6.07. The van der Waals surface area contributed by atoms with Crippen LogP contribution in [0.2, 0.25) is 5.02 Å². The average Bonchev–Trinajstić information content (AvgIpc) is 2.26. The van der Waals surface area contributed by atoms with Gasteiger partial charge in [-0.25, -0.2) is 0 Å². The van der Waals surface area contributed by atoms with Crippen molar-refractivity contribution >= 4 is 17.4 Å². The molecule has 0 heterocycles. The lowest BCUT2D eigenvalue weighted by Gasteiger charge is -2.25. The van der Waals surface area contributed by atoms with Crippen molar-refractivity contribution in [1.29, 1.82) is 0 Å². The summed E-state index contributed by atoms with van der Waals surface area (Å²) in [5, 5.41) is 0.446. The van der Waals surface area contributed by atoms with Crippen LogP contribution in [0, 0.1) is 0 Å². The largest absolute Gasteiger partial charge is 0.495 e. The van der Waals surface area contributed by atoms with E-state index in [2.05, 4.69) is 0 Å². The van der Waals surface area contributed by atoms with Gasteiger partial charge in [-0.15, -0.1) is 0 Å². The lowest BCUT2D eigenvalue weighted by molar-refractivity contribution is 0.00731. The number of carbonyl (C=O) groups is 1. The van der Waals surface area contributed by atoms with Gasteiger partial charge in [0.1, 0.15) is 12.4 Å². The SMILES string of the molecule is COc1ccc(C(=O)COC2CCC2)cc1Cl. The summed E-state index contributed by atoms with van der Waals surface area (Å²) >= 11 is 5.96. The second-order valence-corrected chi connectivity index (χ2v) is 4.54. The van der Waals surface area contributed by atoms with Crippen LogP contribution in [0.3, 0.4) is 0 Å². The summed E-state index contributed by atoms with van der Waals surface area (Å²) < 4.78 is 10.5. The van der Waals surface area contributed by atoms with Crippen molar-refractivity contribution in [1.82, 2.24) is 0 Å². The Morgan fingerprint density at radius 1 is 1.47 bits per heavy atom. The molecule has 4 heteroatoms. The monoisotopic (exact) mass is 254 g/mol. The number of halogens is 1. The van der Waals surface area contributed by atoms with Crippen molar-refractivity contribution in [3.05, 3.63) is 28.8 Å². The van der Waals surface area contributed by atoms with E-state index in [-0.39, 0.29) is 18.5 Å². The first-order chi connectivity index (χ1) is 8.20. The van der Waals surface area contributed by atoms with E-state index in [0.717, 1.165) is 12.8 Å². The molecule has 0 aliphatic heterocycles. The third-order valence-corrected chi connectivity index (χ3v) is 3.27. The second kappa shape index (κ2) is 5.52. The average molecular weight is 255 g/mol. The third-order valence-electron chi connectivity index (χ3n) is 2.98. The molecule has 0 aromatic heterocycles. The van der Waals surface area contributed by atoms with E-state index in [1.165, 1.54) is 6.42 Å². The number of benzene rings is 1. The van der Waals surface area contributed by atoms with Crippen molar-refractivity contribution in [2.75, 3.05) is 13.7 Å². The highest BCUT2D eigenvalue weighted by Crippen LogP contribution is 2.26. The van der Waals surface area contributed by atoms with E-state index in [4.69, 9.17) is 21.1 Å². The standard InChI is InChI=1S/C13H15ClO3/c1-16-13-6-5-9(7-11(13)14)12(15)8-17-10-3-2-4-10/h5-7,10H,2-4,8H2,1H3. The summed E-state index contributed by atoms with van der Waals surface area (Å²) in [6.07, 6.45) is 3.60. The van der Waals surface area contributed by atoms with Gasteiger partial charge in [0.2, 0.25) is 0 Å². The molecule has 1 aliphatic carbocycles. The number of hydrogen-bond acceptors (Lipinski definition) is 3. The molecule has 92 valence electrons. The zero-order chi connectivity index (χ0) is 12.3. The van der Waals surface area contributed by atoms with Crippen LogP contribution in [0.15, 0.2) is 18.2 Å². The zero-order valence-corrected chi connectivity index (χ0v) is 10.5. The number of carbonyl (C=O) groups excluding carboxylic acids is 1. The highest BCUT2D eigenvalue weighted by molar-refractivity contribution is 6.32. The minimum Gasteiger partial charge on any atom is -0.495 e. The van der Waals surface area contributed by atoms with Crippen LogP contribution >= 0.6 is 11.6 Å². The van der Waals surface area contributed by atoms with Crippen LogP contribution in [-0.2, 0) is 4.74 Å². The Bertz CT molecular complexity index is 413. The fraction of sp³-hybridized carbons (Fsp3) is 0.462. The first kappa shape index (κ1) is 12.4. The number of Topliss-reactive ketones (excluding diaryl/α,β-unsaturated/α-hetero) is 1. The molecule has 0 saturated heterocycles. The van der Waals surface area contributed by atoms with Crippen molar-refractivity contribution in [3.63, 3.8) is 0 Å². The fourth-order valence-electron chi connectivity index (χ4n) is 1.65. The van der Waals surface area contributed by atoms with Gasteiger partial charge in [0.15, 0.2) is 5.78 Å². The van der Waals surface area contributed by atoms with E-state index in [9.17, 15) is 4.79 Å². The maximum atomic E-state index is 11.8. The predicted octanol–water partition coefficient (Wildman–Crippen LogP) is 3.10. The molecule has 0 amide bonds. The smallest absolute Gasteiger partial charge is 0.188 e. The summed E-state index contributed by atoms with van der Waals surface area (Å²) in [6, 6.07) is 5.02. The lowest BCUT2D eigenvalue weighted by Crippen LogP contribution is -2.24. The Hall–Kier alpha value is -1.06. The molecule has 1 saturated carbocycles. The number of methoxy groups -OCH3 is 1. The molecule has 0 bridgehead atoms. The van der Waals surface area contributed by atoms with Gasteiger partial charge in [-0.1, -0.05) is 11.6 Å². The molecular weight excluding hydrogens is 240 g/mol. The molecule has 0 unspecified atom stereocenters. The van der Waals surface area contributed by atoms with Crippen LogP contribution in [0.4, 0.5) is 0 Å². The molecule has 1 aromatic carbocycles. The van der Waals surface area contributed by atoms with E-state index in [1.54, 1.807) is 25.3 Å².